The normalized spacial score (nSPS) is 26.8. The largest absolute Gasteiger partial charge is 0.469 e. The van der Waals surface area contributed by atoms with E-state index in [0.717, 1.165) is 30.6 Å². The van der Waals surface area contributed by atoms with Crippen molar-refractivity contribution in [3.8, 4) is 0 Å². The second-order valence-corrected chi connectivity index (χ2v) is 3.56. The maximum absolute atomic E-state index is 10.7. The second kappa shape index (κ2) is 3.32. The van der Waals surface area contributed by atoms with Crippen molar-refractivity contribution >= 4 is 0 Å². The summed E-state index contributed by atoms with van der Waals surface area (Å²) in [5.41, 5.74) is 1.01. The quantitative estimate of drug-likeness (QED) is 0.655. The first kappa shape index (κ1) is 8.48. The molecule has 2 rings (SSSR count). The summed E-state index contributed by atoms with van der Waals surface area (Å²) in [4.78, 5) is 10.7. The van der Waals surface area contributed by atoms with Crippen molar-refractivity contribution in [1.29, 1.82) is 0 Å². The molecular formula is C10H13NO2. The number of rotatable bonds is 2. The summed E-state index contributed by atoms with van der Waals surface area (Å²) in [5, 5.41) is 3.20. The topological polar surface area (TPSA) is 42.6 Å². The highest BCUT2D eigenvalue weighted by atomic mass is 16.3. The highest BCUT2D eigenvalue weighted by Crippen LogP contribution is 2.39. The van der Waals surface area contributed by atoms with Crippen LogP contribution in [0.5, 0.6) is 0 Å². The van der Waals surface area contributed by atoms with Gasteiger partial charge in [-0.05, 0) is 18.4 Å². The van der Waals surface area contributed by atoms with Gasteiger partial charge in [-0.2, -0.15) is 4.91 Å². The van der Waals surface area contributed by atoms with Gasteiger partial charge in [0.25, 0.3) is 0 Å². The Morgan fingerprint density at radius 3 is 3.23 bits per heavy atom. The number of hydrogen-bond acceptors (Lipinski definition) is 3. The van der Waals surface area contributed by atoms with Gasteiger partial charge in [0, 0.05) is 12.0 Å². The summed E-state index contributed by atoms with van der Waals surface area (Å²) >= 11 is 0. The third-order valence-corrected chi connectivity index (χ3v) is 2.93. The van der Waals surface area contributed by atoms with E-state index in [1.54, 1.807) is 6.26 Å². The van der Waals surface area contributed by atoms with E-state index in [0.29, 0.717) is 5.92 Å². The Kier molecular flexibility index (Phi) is 2.17. The van der Waals surface area contributed by atoms with E-state index in [9.17, 15) is 4.91 Å². The molecule has 0 aliphatic heterocycles. The minimum atomic E-state index is -0.174. The van der Waals surface area contributed by atoms with Gasteiger partial charge in [-0.15, -0.1) is 0 Å². The molecule has 0 saturated carbocycles. The van der Waals surface area contributed by atoms with Crippen LogP contribution >= 0.6 is 0 Å². The highest BCUT2D eigenvalue weighted by Gasteiger charge is 2.31. The summed E-state index contributed by atoms with van der Waals surface area (Å²) in [5.74, 6) is 1.36. The molecule has 13 heavy (non-hydrogen) atoms. The number of nitroso groups, excluding NO2 is 1. The predicted octanol–water partition coefficient (Wildman–Crippen LogP) is 3.06. The number of aryl methyl sites for hydroxylation is 1. The van der Waals surface area contributed by atoms with Crippen molar-refractivity contribution in [3.05, 3.63) is 28.6 Å². The average molecular weight is 179 g/mol. The van der Waals surface area contributed by atoms with Gasteiger partial charge in [0.05, 0.1) is 6.26 Å². The molecule has 3 nitrogen and oxygen atoms in total. The van der Waals surface area contributed by atoms with E-state index in [1.807, 2.05) is 6.07 Å². The van der Waals surface area contributed by atoms with Gasteiger partial charge in [-0.3, -0.25) is 0 Å². The summed E-state index contributed by atoms with van der Waals surface area (Å²) in [6, 6.07) is 1.70. The predicted molar refractivity (Wildman–Crippen MR) is 49.3 cm³/mol. The molecule has 1 aliphatic rings. The van der Waals surface area contributed by atoms with E-state index >= 15 is 0 Å². The van der Waals surface area contributed by atoms with Crippen molar-refractivity contribution in [1.82, 2.24) is 0 Å². The SMILES string of the molecule is CCC1CCc2occc2C1N=O. The van der Waals surface area contributed by atoms with Gasteiger partial charge in [0.15, 0.2) is 0 Å². The van der Waals surface area contributed by atoms with E-state index in [4.69, 9.17) is 4.42 Å². The van der Waals surface area contributed by atoms with Crippen LogP contribution in [0.15, 0.2) is 21.9 Å². The molecule has 1 aromatic heterocycles. The average Bonchev–Trinajstić information content (AvgIpc) is 2.63. The molecule has 2 unspecified atom stereocenters. The van der Waals surface area contributed by atoms with Crippen molar-refractivity contribution in [2.24, 2.45) is 11.1 Å². The smallest absolute Gasteiger partial charge is 0.123 e. The van der Waals surface area contributed by atoms with Gasteiger partial charge in [0.2, 0.25) is 0 Å². The Labute approximate surface area is 77.1 Å². The molecule has 0 spiro atoms. The molecule has 0 fully saturated rings. The minimum absolute atomic E-state index is 0.174. The first-order valence-corrected chi connectivity index (χ1v) is 4.75. The Hall–Kier alpha value is -1.12. The van der Waals surface area contributed by atoms with Gasteiger partial charge < -0.3 is 4.42 Å². The van der Waals surface area contributed by atoms with E-state index in [2.05, 4.69) is 12.1 Å². The molecule has 1 aromatic rings. The van der Waals surface area contributed by atoms with Crippen LogP contribution < -0.4 is 0 Å². The monoisotopic (exact) mass is 179 g/mol. The van der Waals surface area contributed by atoms with Gasteiger partial charge in [-0.25, -0.2) is 0 Å². The van der Waals surface area contributed by atoms with Crippen LogP contribution in [0.3, 0.4) is 0 Å². The number of hydrogen-bond donors (Lipinski definition) is 0. The van der Waals surface area contributed by atoms with Crippen LogP contribution in [0.1, 0.15) is 37.1 Å². The maximum Gasteiger partial charge on any atom is 0.123 e. The van der Waals surface area contributed by atoms with E-state index in [1.165, 1.54) is 0 Å². The maximum atomic E-state index is 10.7. The number of nitrogens with zero attached hydrogens (tertiary/aromatic N) is 1. The molecule has 0 aromatic carbocycles. The molecule has 0 N–H and O–H groups in total. The third kappa shape index (κ3) is 1.28. The lowest BCUT2D eigenvalue weighted by Crippen LogP contribution is -2.16. The molecule has 1 heterocycles. The molecule has 0 amide bonds. The van der Waals surface area contributed by atoms with Gasteiger partial charge in [-0.1, -0.05) is 18.5 Å². The van der Waals surface area contributed by atoms with E-state index < -0.39 is 0 Å². The molecular weight excluding hydrogens is 166 g/mol. The molecule has 0 bridgehead atoms. The molecule has 3 heteroatoms. The third-order valence-electron chi connectivity index (χ3n) is 2.93. The van der Waals surface area contributed by atoms with E-state index in [-0.39, 0.29) is 6.04 Å². The van der Waals surface area contributed by atoms with Gasteiger partial charge >= 0.3 is 0 Å². The number of fused-ring (bicyclic) bond motifs is 1. The minimum Gasteiger partial charge on any atom is -0.469 e. The lowest BCUT2D eigenvalue weighted by Gasteiger charge is -2.24. The Morgan fingerprint density at radius 2 is 2.54 bits per heavy atom. The first-order chi connectivity index (χ1) is 6.36. The zero-order valence-electron chi connectivity index (χ0n) is 7.69. The number of furan rings is 1. The molecule has 0 saturated heterocycles. The van der Waals surface area contributed by atoms with Gasteiger partial charge in [0.1, 0.15) is 11.8 Å². The van der Waals surface area contributed by atoms with Crippen LogP contribution in [0.2, 0.25) is 0 Å². The summed E-state index contributed by atoms with van der Waals surface area (Å²) in [6.07, 6.45) is 4.64. The zero-order chi connectivity index (χ0) is 9.26. The Balaban J connectivity index is 2.34. The van der Waals surface area contributed by atoms with Crippen LogP contribution in [0.25, 0.3) is 0 Å². The zero-order valence-corrected chi connectivity index (χ0v) is 7.69. The Morgan fingerprint density at radius 1 is 1.69 bits per heavy atom. The van der Waals surface area contributed by atoms with Crippen LogP contribution in [0.4, 0.5) is 0 Å². The molecule has 1 aliphatic carbocycles. The standard InChI is InChI=1S/C10H13NO2/c1-2-7-3-4-9-8(5-6-13-9)10(7)11-12/h5-7,10H,2-4H2,1H3. The summed E-state index contributed by atoms with van der Waals surface area (Å²) in [6.45, 7) is 2.11. The fourth-order valence-corrected chi connectivity index (χ4v) is 2.12. The van der Waals surface area contributed by atoms with Crippen molar-refractivity contribution in [2.45, 2.75) is 32.2 Å². The summed E-state index contributed by atoms with van der Waals surface area (Å²) in [7, 11) is 0. The highest BCUT2D eigenvalue weighted by molar-refractivity contribution is 5.25. The summed E-state index contributed by atoms with van der Waals surface area (Å²) < 4.78 is 5.28. The first-order valence-electron chi connectivity index (χ1n) is 4.75. The molecule has 2 atom stereocenters. The fourth-order valence-electron chi connectivity index (χ4n) is 2.12. The van der Waals surface area contributed by atoms with Crippen LogP contribution in [-0.4, -0.2) is 0 Å². The van der Waals surface area contributed by atoms with Crippen molar-refractivity contribution in [2.75, 3.05) is 0 Å². The lowest BCUT2D eigenvalue weighted by atomic mass is 9.82. The van der Waals surface area contributed by atoms with Crippen LogP contribution in [-0.2, 0) is 6.42 Å². The molecule has 0 radical (unpaired) electrons. The second-order valence-electron chi connectivity index (χ2n) is 3.56. The lowest BCUT2D eigenvalue weighted by molar-refractivity contribution is 0.340. The van der Waals surface area contributed by atoms with Crippen LogP contribution in [0, 0.1) is 10.8 Å². The Bertz CT molecular complexity index is 306. The molecule has 70 valence electrons. The van der Waals surface area contributed by atoms with Crippen molar-refractivity contribution in [3.63, 3.8) is 0 Å². The van der Waals surface area contributed by atoms with Crippen molar-refractivity contribution < 1.29 is 4.42 Å². The fraction of sp³-hybridized carbons (Fsp3) is 0.600.